The number of nitrogens with zero attached hydrogens (tertiary/aromatic N) is 11. The van der Waals surface area contributed by atoms with E-state index in [4.69, 9.17) is 33.2 Å². The quantitative estimate of drug-likeness (QED) is 0.0189. The molecule has 0 atom stereocenters. The number of hydrogen-bond acceptors (Lipinski definition) is 24. The normalized spacial score (nSPS) is 11.1. The van der Waals surface area contributed by atoms with E-state index >= 15 is 0 Å². The summed E-state index contributed by atoms with van der Waals surface area (Å²) in [6.07, 6.45) is 15.9. The van der Waals surface area contributed by atoms with Gasteiger partial charge in [0.1, 0.15) is 35.0 Å². The molecule has 0 aliphatic heterocycles. The number of imidazole rings is 4. The molecule has 8 aromatic rings. The Balaban J connectivity index is 0.595. The molecule has 7 aromatic heterocycles. The van der Waals surface area contributed by atoms with Crippen LogP contribution in [-0.4, -0.2) is 240 Å². The van der Waals surface area contributed by atoms with E-state index < -0.39 is 64.7 Å². The average Bonchev–Trinajstić information content (AvgIpc) is 1.57. The minimum Gasteiger partial charge on any atom is -0.491 e. The van der Waals surface area contributed by atoms with E-state index in [1.807, 2.05) is 20.8 Å². The van der Waals surface area contributed by atoms with Crippen LogP contribution in [0.15, 0.2) is 92.0 Å². The largest absolute Gasteiger partial charge is 0.491 e. The molecule has 0 spiro atoms. The van der Waals surface area contributed by atoms with Gasteiger partial charge in [-0.1, -0.05) is 12.8 Å². The van der Waals surface area contributed by atoms with Gasteiger partial charge in [-0.15, -0.1) is 0 Å². The number of unbranched alkanes of at least 4 members (excludes halogenated alkanes) is 3. The number of rotatable bonds is 53. The van der Waals surface area contributed by atoms with Crippen LogP contribution < -0.4 is 68.5 Å². The van der Waals surface area contributed by atoms with Crippen LogP contribution >= 0.6 is 0 Å². The summed E-state index contributed by atoms with van der Waals surface area (Å²) in [6.45, 7) is 9.65. The van der Waals surface area contributed by atoms with Crippen LogP contribution in [0, 0.1) is 0 Å². The molecule has 12 N–H and O–H groups in total. The number of hydrogen-bond donors (Lipinski definition) is 12. The van der Waals surface area contributed by atoms with Gasteiger partial charge >= 0.3 is 5.97 Å². The van der Waals surface area contributed by atoms with Crippen molar-refractivity contribution in [1.29, 1.82) is 0 Å². The Morgan fingerprint density at radius 2 is 0.710 bits per heavy atom. The lowest BCUT2D eigenvalue weighted by Gasteiger charge is -2.19. The Morgan fingerprint density at radius 3 is 1.20 bits per heavy atom. The minimum absolute atomic E-state index is 0.00424. The van der Waals surface area contributed by atoms with Gasteiger partial charge in [-0.25, -0.2) is 19.9 Å². The van der Waals surface area contributed by atoms with Crippen molar-refractivity contribution in [2.45, 2.75) is 97.0 Å². The Kier molecular flexibility index (Phi) is 37.9. The predicted octanol–water partition coefficient (Wildman–Crippen LogP) is 4.08. The van der Waals surface area contributed by atoms with Crippen molar-refractivity contribution < 1.29 is 95.5 Å². The first kappa shape index (κ1) is 96.1. The maximum absolute atomic E-state index is 13.4. The summed E-state index contributed by atoms with van der Waals surface area (Å²) in [4.78, 5) is 184. The Morgan fingerprint density at radius 1 is 0.323 bits per heavy atom. The molecule has 43 heteroatoms. The molecule has 0 saturated carbocycles. The number of amides is 12. The second kappa shape index (κ2) is 48.9. The highest BCUT2D eigenvalue weighted by atomic mass is 16.6. The van der Waals surface area contributed by atoms with Gasteiger partial charge in [0.05, 0.1) is 83.1 Å². The molecule has 124 heavy (non-hydrogen) atoms. The fraction of sp³-hybridized carbons (Fsp3) is 0.469. The van der Waals surface area contributed by atoms with Gasteiger partial charge < -0.3 is 129 Å². The Hall–Kier alpha value is -13.4. The number of aryl methyl sites for hydroxylation is 7. The van der Waals surface area contributed by atoms with Gasteiger partial charge in [0.2, 0.25) is 47.0 Å². The Labute approximate surface area is 715 Å². The van der Waals surface area contributed by atoms with Crippen LogP contribution in [0.5, 0.6) is 5.75 Å². The van der Waals surface area contributed by atoms with Crippen molar-refractivity contribution in [3.63, 3.8) is 0 Å². The number of esters is 1. The average molecular weight is 1730 g/mol. The summed E-state index contributed by atoms with van der Waals surface area (Å²) >= 11 is 0. The molecular formula is C81H111N23O20. The second-order valence-corrected chi connectivity index (χ2v) is 29.4. The molecule has 0 bridgehead atoms. The molecule has 0 aliphatic carbocycles. The zero-order valence-corrected chi connectivity index (χ0v) is 71.3. The first-order chi connectivity index (χ1) is 59.3. The molecule has 670 valence electrons. The third kappa shape index (κ3) is 32.9. The molecular weight excluding hydrogens is 1620 g/mol. The first-order valence-electron chi connectivity index (χ1n) is 40.3. The topological polar surface area (TPSA) is 517 Å². The maximum atomic E-state index is 13.4. The lowest BCUT2D eigenvalue weighted by molar-refractivity contribution is -0.155. The van der Waals surface area contributed by atoms with Gasteiger partial charge in [-0.2, -0.15) is 0 Å². The molecule has 7 heterocycles. The van der Waals surface area contributed by atoms with Crippen molar-refractivity contribution in [2.24, 2.45) is 49.3 Å². The Bertz CT molecular complexity index is 4960. The second-order valence-electron chi connectivity index (χ2n) is 29.4. The maximum Gasteiger partial charge on any atom is 0.306 e. The van der Waals surface area contributed by atoms with E-state index in [0.29, 0.717) is 96.0 Å². The molecule has 43 nitrogen and oxygen atoms in total. The fourth-order valence-corrected chi connectivity index (χ4v) is 11.9. The standard InChI is InChI=1S/C81H111N23O20/c1-81(2,3)124-69(110)18-14-12-11-13-16-65(106)88-53-19-21-57(22-20-53)123-43-42-122-41-40-121-39-38-120-37-36-119-35-34-118-33-31-82-64(105)23-27-86-78(115)72-96-63(52-103(72)9)97-76(113)60-44-54(47-101(60)7)89-67(108)24-29-87-77(114)71-94-61(50-102(71)8)92-66(107)17-15-26-84-74(111)58-46-56(49-99(58)5)91-80(117)73-95-62(51-104(73)10)93-68(109)25-28-85-75(112)59-45-55(48-100(59)6)90-79(116)70-83-30-32-98(70)4/h19-22,30,32,44-52H,11-18,23-29,31,33-43H2,1-10H3,(H,82,105)(H,84,111)(H,85,112)(H,86,115)(H,87,114)(H,88,106)(H,89,108)(H,90,116)(H,91,117)(H,92,107)(H,93,109)(H,97,113). The van der Waals surface area contributed by atoms with E-state index in [2.05, 4.69) is 83.7 Å². The van der Waals surface area contributed by atoms with Crippen LogP contribution in [-0.2, 0) is 107 Å². The summed E-state index contributed by atoms with van der Waals surface area (Å²) in [5.74, 6) is -4.95. The fourth-order valence-electron chi connectivity index (χ4n) is 11.9. The molecule has 0 saturated heterocycles. The number of ether oxygens (including phenoxy) is 7. The molecule has 1 aromatic carbocycles. The lowest BCUT2D eigenvalue weighted by atomic mass is 10.1. The number of carbonyl (C=O) groups is 13. The first-order valence-corrected chi connectivity index (χ1v) is 40.3. The molecule has 0 fully saturated rings. The number of aromatic nitrogens is 11. The van der Waals surface area contributed by atoms with Gasteiger partial charge in [0, 0.05) is 176 Å². The van der Waals surface area contributed by atoms with E-state index in [-0.39, 0.29) is 158 Å². The van der Waals surface area contributed by atoms with Crippen molar-refractivity contribution in [2.75, 3.05) is 143 Å². The van der Waals surface area contributed by atoms with Crippen molar-refractivity contribution in [3.05, 3.63) is 132 Å². The lowest BCUT2D eigenvalue weighted by Crippen LogP contribution is -2.33. The van der Waals surface area contributed by atoms with Crippen molar-refractivity contribution in [1.82, 2.24) is 78.5 Å². The predicted molar refractivity (Wildman–Crippen MR) is 452 cm³/mol. The number of nitrogens with one attached hydrogen (secondary N) is 12. The highest BCUT2D eigenvalue weighted by Gasteiger charge is 2.25. The minimum atomic E-state index is -0.641. The smallest absolute Gasteiger partial charge is 0.306 e. The summed E-state index contributed by atoms with van der Waals surface area (Å²) in [6, 6.07) is 11.5. The van der Waals surface area contributed by atoms with Crippen molar-refractivity contribution in [3.8, 4) is 5.75 Å². The third-order valence-corrected chi connectivity index (χ3v) is 18.0. The molecule has 12 amide bonds. The van der Waals surface area contributed by atoms with Gasteiger partial charge in [-0.05, 0) is 82.5 Å². The van der Waals surface area contributed by atoms with E-state index in [1.54, 1.807) is 90.6 Å². The zero-order chi connectivity index (χ0) is 89.7. The summed E-state index contributed by atoms with van der Waals surface area (Å²) in [5.41, 5.74) is 1.70. The zero-order valence-electron chi connectivity index (χ0n) is 71.3. The summed E-state index contributed by atoms with van der Waals surface area (Å²) in [7, 11) is 11.2. The van der Waals surface area contributed by atoms with Crippen LogP contribution in [0.2, 0.25) is 0 Å². The van der Waals surface area contributed by atoms with Crippen molar-refractivity contribution >= 4 is 117 Å². The molecule has 8 rings (SSSR count). The van der Waals surface area contributed by atoms with E-state index in [0.717, 1.165) is 25.7 Å². The SMILES string of the molecule is Cn1cc(NC(=O)c2nc(NC(=O)CCNC(=O)c3cc(NC(=O)c4nccn4C)cn3C)cn2C)cc1C(=O)NCCCC(=O)Nc1cn(C)c(C(=O)NCCC(=O)Nc2cc(C(=O)Nc3cn(C)c(C(=O)NCCC(=O)NCCOCCOCCOCCOCCOCCOc4ccc(NC(=O)CCCCCCC(=O)OC(C)(C)C)cc4)n3)n(C)c2)n1. The summed E-state index contributed by atoms with van der Waals surface area (Å²) < 4.78 is 49.0. The summed E-state index contributed by atoms with van der Waals surface area (Å²) in [5, 5.41) is 32.3. The highest BCUT2D eigenvalue weighted by Crippen LogP contribution is 2.22. The third-order valence-electron chi connectivity index (χ3n) is 18.0. The number of carbonyl (C=O) groups excluding carboxylic acids is 13. The van der Waals surface area contributed by atoms with E-state index in [9.17, 15) is 62.3 Å². The van der Waals surface area contributed by atoms with Gasteiger partial charge in [-0.3, -0.25) is 62.3 Å². The van der Waals surface area contributed by atoms with Crippen LogP contribution in [0.4, 0.5) is 40.2 Å². The van der Waals surface area contributed by atoms with Crippen LogP contribution in [0.25, 0.3) is 0 Å². The molecule has 0 unspecified atom stereocenters. The van der Waals surface area contributed by atoms with Crippen LogP contribution in [0.1, 0.15) is 165 Å². The van der Waals surface area contributed by atoms with E-state index in [1.165, 1.54) is 82.8 Å². The monoisotopic (exact) mass is 1730 g/mol. The number of anilines is 7. The van der Waals surface area contributed by atoms with Crippen LogP contribution in [0.3, 0.4) is 0 Å². The molecule has 0 aliphatic rings. The number of benzene rings is 1. The molecule has 0 radical (unpaired) electrons. The van der Waals surface area contributed by atoms with Gasteiger partial charge in [0.25, 0.3) is 41.4 Å². The van der Waals surface area contributed by atoms with Gasteiger partial charge in [0.15, 0.2) is 23.3 Å². The highest BCUT2D eigenvalue weighted by molar-refractivity contribution is 6.06.